The smallest absolute Gasteiger partial charge is 0.289 e. The molecule has 1 saturated carbocycles. The highest BCUT2D eigenvalue weighted by molar-refractivity contribution is 5.90. The van der Waals surface area contributed by atoms with Crippen LogP contribution in [0.1, 0.15) is 67.4 Å². The molecule has 4 heterocycles. The van der Waals surface area contributed by atoms with E-state index in [1.54, 1.807) is 0 Å². The average molecular weight is 378 g/mol. The van der Waals surface area contributed by atoms with Crippen molar-refractivity contribution in [2.24, 2.45) is 0 Å². The molecule has 1 fully saturated rings. The first kappa shape index (κ1) is 17.4. The Bertz CT molecular complexity index is 936. The number of nitrogens with one attached hydrogen (secondary N) is 1. The number of hydrogen-bond acceptors (Lipinski definition) is 4. The summed E-state index contributed by atoms with van der Waals surface area (Å²) in [6.45, 7) is 0.852. The predicted molar refractivity (Wildman–Crippen MR) is 105 cm³/mol. The topological polar surface area (TPSA) is 77.6 Å². The first-order valence-electron chi connectivity index (χ1n) is 10.4. The van der Waals surface area contributed by atoms with Crippen molar-refractivity contribution in [3.8, 4) is 11.4 Å². The Morgan fingerprint density at radius 2 is 1.96 bits per heavy atom. The maximum absolute atomic E-state index is 12.8. The molecule has 7 heteroatoms. The van der Waals surface area contributed by atoms with Gasteiger partial charge < -0.3 is 14.5 Å². The predicted octanol–water partition coefficient (Wildman–Crippen LogP) is 3.22. The van der Waals surface area contributed by atoms with Crippen molar-refractivity contribution in [3.63, 3.8) is 0 Å². The summed E-state index contributed by atoms with van der Waals surface area (Å²) in [5, 5.41) is 11.6. The summed E-state index contributed by atoms with van der Waals surface area (Å²) in [7, 11) is 0. The Labute approximate surface area is 164 Å². The first-order chi connectivity index (χ1) is 13.8. The fourth-order valence-electron chi connectivity index (χ4n) is 4.69. The number of aryl methyl sites for hydroxylation is 1. The maximum Gasteiger partial charge on any atom is 0.289 e. The molecular formula is C21H26N6O. The molecule has 1 aliphatic carbocycles. The number of amides is 1. The number of carbonyl (C=O) groups is 1. The number of nitrogens with zero attached hydrogens (tertiary/aromatic N) is 5. The molecule has 1 aromatic rings. The van der Waals surface area contributed by atoms with Gasteiger partial charge in [0.2, 0.25) is 5.82 Å². The van der Waals surface area contributed by atoms with Crippen LogP contribution in [-0.2, 0) is 13.0 Å². The molecule has 0 aromatic carbocycles. The SMILES string of the molecule is O=C(NC1CCC(n2cccc3ccnc2-3)CC1)c1nnc2n1CCCCC2. The third kappa shape index (κ3) is 3.19. The molecule has 0 unspecified atom stereocenters. The van der Waals surface area contributed by atoms with Gasteiger partial charge >= 0.3 is 0 Å². The second kappa shape index (κ2) is 7.37. The lowest BCUT2D eigenvalue weighted by Crippen LogP contribution is -2.39. The zero-order valence-corrected chi connectivity index (χ0v) is 16.0. The van der Waals surface area contributed by atoms with E-state index in [0.717, 1.165) is 63.1 Å². The fourth-order valence-corrected chi connectivity index (χ4v) is 4.69. The molecule has 7 nitrogen and oxygen atoms in total. The Hall–Kier alpha value is -2.70. The molecule has 28 heavy (non-hydrogen) atoms. The van der Waals surface area contributed by atoms with Crippen molar-refractivity contribution < 1.29 is 4.79 Å². The van der Waals surface area contributed by atoms with Crippen molar-refractivity contribution >= 4 is 5.91 Å². The van der Waals surface area contributed by atoms with E-state index < -0.39 is 0 Å². The highest BCUT2D eigenvalue weighted by Gasteiger charge is 2.27. The molecule has 5 rings (SSSR count). The molecule has 4 aliphatic rings. The van der Waals surface area contributed by atoms with Gasteiger partial charge in [-0.15, -0.1) is 10.2 Å². The summed E-state index contributed by atoms with van der Waals surface area (Å²) in [6.07, 6.45) is 12.4. The van der Waals surface area contributed by atoms with Gasteiger partial charge in [-0.25, -0.2) is 4.98 Å². The molecule has 0 bridgehead atoms. The summed E-state index contributed by atoms with van der Waals surface area (Å²) in [4.78, 5) is 17.3. The maximum atomic E-state index is 12.8. The lowest BCUT2D eigenvalue weighted by Gasteiger charge is -2.31. The van der Waals surface area contributed by atoms with Crippen LogP contribution in [0.3, 0.4) is 0 Å². The van der Waals surface area contributed by atoms with Crippen molar-refractivity contribution in [3.05, 3.63) is 42.2 Å². The standard InChI is InChI=1S/C21H26N6O/c28-21(20-25-24-18-6-2-1-3-13-27(18)20)23-16-7-9-17(10-8-16)26-14-4-5-15-11-12-22-19(15)26/h4-5,11-12,14,16-17H,1-3,6-10,13H2,(H,23,28). The summed E-state index contributed by atoms with van der Waals surface area (Å²) in [6, 6.07) is 6.89. The van der Waals surface area contributed by atoms with Crippen LogP contribution in [0.15, 0.2) is 30.6 Å². The van der Waals surface area contributed by atoms with Crippen LogP contribution in [0.25, 0.3) is 11.4 Å². The first-order valence-corrected chi connectivity index (χ1v) is 10.4. The lowest BCUT2D eigenvalue weighted by molar-refractivity contribution is 0.0906. The van der Waals surface area contributed by atoms with Crippen LogP contribution in [0, 0.1) is 0 Å². The fraction of sp³-hybridized carbons (Fsp3) is 0.524. The number of pyridine rings is 1. The molecule has 0 atom stereocenters. The normalized spacial score (nSPS) is 22.6. The van der Waals surface area contributed by atoms with Gasteiger partial charge in [0.1, 0.15) is 11.6 Å². The second-order valence-corrected chi connectivity index (χ2v) is 8.02. The Morgan fingerprint density at radius 1 is 1.07 bits per heavy atom. The highest BCUT2D eigenvalue weighted by atomic mass is 16.2. The van der Waals surface area contributed by atoms with Gasteiger partial charge in [-0.05, 0) is 56.7 Å². The van der Waals surface area contributed by atoms with Crippen LogP contribution in [-0.4, -0.2) is 36.3 Å². The zero-order valence-electron chi connectivity index (χ0n) is 16.0. The Kier molecular flexibility index (Phi) is 4.58. The van der Waals surface area contributed by atoms with Gasteiger partial charge in [-0.2, -0.15) is 0 Å². The van der Waals surface area contributed by atoms with E-state index in [0.29, 0.717) is 11.9 Å². The molecule has 3 aliphatic heterocycles. The third-order valence-electron chi connectivity index (χ3n) is 6.21. The summed E-state index contributed by atoms with van der Waals surface area (Å²) in [5.41, 5.74) is 1.19. The summed E-state index contributed by atoms with van der Waals surface area (Å²) >= 11 is 0. The Balaban J connectivity index is 1.23. The van der Waals surface area contributed by atoms with Crippen molar-refractivity contribution in [2.75, 3.05) is 0 Å². The molecule has 0 spiro atoms. The molecule has 1 N–H and O–H groups in total. The molecule has 146 valence electrons. The van der Waals surface area contributed by atoms with Crippen LogP contribution in [0.2, 0.25) is 0 Å². The van der Waals surface area contributed by atoms with E-state index >= 15 is 0 Å². The van der Waals surface area contributed by atoms with E-state index in [-0.39, 0.29) is 11.9 Å². The van der Waals surface area contributed by atoms with Gasteiger partial charge in [-0.1, -0.05) is 6.42 Å². The van der Waals surface area contributed by atoms with Gasteiger partial charge in [0.25, 0.3) is 5.91 Å². The molecule has 0 radical (unpaired) electrons. The largest absolute Gasteiger partial charge is 0.347 e. The number of aromatic nitrogens is 5. The lowest BCUT2D eigenvalue weighted by atomic mass is 9.90. The summed E-state index contributed by atoms with van der Waals surface area (Å²) in [5.74, 6) is 2.43. The average Bonchev–Trinajstić information content (AvgIpc) is 3.30. The molecule has 0 saturated heterocycles. The van der Waals surface area contributed by atoms with Crippen molar-refractivity contribution in [2.45, 2.75) is 70.0 Å². The molecular weight excluding hydrogens is 352 g/mol. The van der Waals surface area contributed by atoms with E-state index in [4.69, 9.17) is 0 Å². The minimum atomic E-state index is -0.0726. The second-order valence-electron chi connectivity index (χ2n) is 8.02. The minimum absolute atomic E-state index is 0.0726. The monoisotopic (exact) mass is 378 g/mol. The van der Waals surface area contributed by atoms with Crippen molar-refractivity contribution in [1.82, 2.24) is 29.6 Å². The van der Waals surface area contributed by atoms with Crippen LogP contribution in [0.4, 0.5) is 0 Å². The zero-order chi connectivity index (χ0) is 18.9. The van der Waals surface area contributed by atoms with E-state index in [2.05, 4.69) is 49.5 Å². The number of carbonyl (C=O) groups excluding carboxylic acids is 1. The van der Waals surface area contributed by atoms with E-state index in [9.17, 15) is 4.79 Å². The summed E-state index contributed by atoms with van der Waals surface area (Å²) < 4.78 is 4.32. The highest BCUT2D eigenvalue weighted by Crippen LogP contribution is 2.32. The number of fused-ring (bicyclic) bond motifs is 2. The van der Waals surface area contributed by atoms with Crippen LogP contribution < -0.4 is 5.32 Å². The Morgan fingerprint density at radius 3 is 2.86 bits per heavy atom. The van der Waals surface area contributed by atoms with Gasteiger partial charge in [0, 0.05) is 43.0 Å². The number of hydrogen-bond donors (Lipinski definition) is 1. The third-order valence-corrected chi connectivity index (χ3v) is 6.21. The van der Waals surface area contributed by atoms with Crippen LogP contribution >= 0.6 is 0 Å². The minimum Gasteiger partial charge on any atom is -0.347 e. The molecule has 1 aromatic heterocycles. The van der Waals surface area contributed by atoms with Crippen molar-refractivity contribution in [1.29, 1.82) is 0 Å². The van der Waals surface area contributed by atoms with Gasteiger partial charge in [0.15, 0.2) is 0 Å². The van der Waals surface area contributed by atoms with E-state index in [1.807, 2.05) is 10.8 Å². The van der Waals surface area contributed by atoms with E-state index in [1.165, 1.54) is 12.0 Å². The van der Waals surface area contributed by atoms with Gasteiger partial charge in [-0.3, -0.25) is 4.79 Å². The van der Waals surface area contributed by atoms with Gasteiger partial charge in [0.05, 0.1) is 0 Å². The quantitative estimate of drug-likeness (QED) is 0.759. The number of rotatable bonds is 3. The van der Waals surface area contributed by atoms with Crippen LogP contribution in [0.5, 0.6) is 0 Å². The molecule has 1 amide bonds.